The van der Waals surface area contributed by atoms with Crippen molar-refractivity contribution in [1.82, 2.24) is 0 Å². The minimum atomic E-state index is -1.06. The number of rotatable bonds is 0. The van der Waals surface area contributed by atoms with Crippen LogP contribution in [0.2, 0.25) is 0 Å². The maximum Gasteiger partial charge on any atom is 0.173 e. The van der Waals surface area contributed by atoms with Gasteiger partial charge in [0, 0.05) is 11.8 Å². The van der Waals surface area contributed by atoms with E-state index < -0.39 is 23.0 Å². The van der Waals surface area contributed by atoms with Crippen LogP contribution in [0.15, 0.2) is 10.7 Å². The first-order chi connectivity index (χ1) is 8.77. The Morgan fingerprint density at radius 1 is 1.42 bits per heavy atom. The van der Waals surface area contributed by atoms with E-state index in [0.29, 0.717) is 30.6 Å². The molecule has 0 radical (unpaired) electrons. The molecule has 0 bridgehead atoms. The van der Waals surface area contributed by atoms with Gasteiger partial charge in [0.15, 0.2) is 5.78 Å². The van der Waals surface area contributed by atoms with Gasteiger partial charge in [-0.2, -0.15) is 0 Å². The van der Waals surface area contributed by atoms with Crippen LogP contribution in [0, 0.1) is 18.3 Å². The minimum absolute atomic E-state index is 0.0845. The van der Waals surface area contributed by atoms with Gasteiger partial charge in [-0.3, -0.25) is 4.79 Å². The van der Waals surface area contributed by atoms with Gasteiger partial charge in [-0.15, -0.1) is 0 Å². The van der Waals surface area contributed by atoms with E-state index >= 15 is 0 Å². The second-order valence-corrected chi connectivity index (χ2v) is 6.61. The molecule has 2 aliphatic rings. The average Bonchev–Trinajstić information content (AvgIpc) is 2.65. The van der Waals surface area contributed by atoms with Crippen LogP contribution >= 0.6 is 0 Å². The van der Waals surface area contributed by atoms with Gasteiger partial charge in [0.1, 0.15) is 5.76 Å². The Morgan fingerprint density at radius 3 is 2.79 bits per heavy atom. The van der Waals surface area contributed by atoms with E-state index in [0.717, 1.165) is 5.56 Å². The SMILES string of the molecule is Cc1coc2c1C(=O)[C@@H]1[C@@](C)(C2)[C@H](O)CC[C@@]1(C)O. The van der Waals surface area contributed by atoms with Gasteiger partial charge >= 0.3 is 0 Å². The number of fused-ring (bicyclic) bond motifs is 2. The molecule has 4 heteroatoms. The van der Waals surface area contributed by atoms with Gasteiger partial charge in [-0.25, -0.2) is 0 Å². The Morgan fingerprint density at radius 2 is 2.11 bits per heavy atom. The monoisotopic (exact) mass is 264 g/mol. The van der Waals surface area contributed by atoms with E-state index in [1.54, 1.807) is 13.2 Å². The van der Waals surface area contributed by atoms with E-state index in [4.69, 9.17) is 4.42 Å². The normalized spacial score (nSPS) is 41.8. The van der Waals surface area contributed by atoms with Crippen LogP contribution in [0.5, 0.6) is 0 Å². The third-order valence-electron chi connectivity index (χ3n) is 5.07. The highest BCUT2D eigenvalue weighted by Gasteiger charge is 2.59. The van der Waals surface area contributed by atoms with Gasteiger partial charge < -0.3 is 14.6 Å². The highest BCUT2D eigenvalue weighted by Crippen LogP contribution is 2.53. The lowest BCUT2D eigenvalue weighted by Crippen LogP contribution is -2.60. The lowest BCUT2D eigenvalue weighted by molar-refractivity contribution is -0.136. The first kappa shape index (κ1) is 12.9. The quantitative estimate of drug-likeness (QED) is 0.750. The second kappa shape index (κ2) is 3.70. The lowest BCUT2D eigenvalue weighted by atomic mass is 9.53. The highest BCUT2D eigenvalue weighted by atomic mass is 16.3. The zero-order valence-electron chi connectivity index (χ0n) is 11.6. The lowest BCUT2D eigenvalue weighted by Gasteiger charge is -2.53. The third-order valence-corrected chi connectivity index (χ3v) is 5.07. The summed E-state index contributed by atoms with van der Waals surface area (Å²) in [6, 6.07) is 0. The van der Waals surface area contributed by atoms with E-state index in [2.05, 4.69) is 0 Å². The van der Waals surface area contributed by atoms with E-state index in [1.807, 2.05) is 13.8 Å². The first-order valence-corrected chi connectivity index (χ1v) is 6.79. The molecular weight excluding hydrogens is 244 g/mol. The molecule has 0 aliphatic heterocycles. The van der Waals surface area contributed by atoms with Crippen LogP contribution in [-0.2, 0) is 6.42 Å². The summed E-state index contributed by atoms with van der Waals surface area (Å²) in [5.74, 6) is 0.00398. The van der Waals surface area contributed by atoms with Crippen molar-refractivity contribution in [2.75, 3.05) is 0 Å². The molecule has 104 valence electrons. The fourth-order valence-corrected chi connectivity index (χ4v) is 4.06. The molecule has 1 heterocycles. The summed E-state index contributed by atoms with van der Waals surface area (Å²) in [7, 11) is 0. The molecule has 2 N–H and O–H groups in total. The zero-order chi connectivity index (χ0) is 14.0. The summed E-state index contributed by atoms with van der Waals surface area (Å²) in [5, 5.41) is 21.0. The largest absolute Gasteiger partial charge is 0.468 e. The number of carbonyl (C=O) groups is 1. The van der Waals surface area contributed by atoms with Crippen LogP contribution < -0.4 is 0 Å². The molecule has 3 rings (SSSR count). The molecule has 19 heavy (non-hydrogen) atoms. The molecule has 0 unspecified atom stereocenters. The van der Waals surface area contributed by atoms with E-state index in [-0.39, 0.29) is 5.78 Å². The van der Waals surface area contributed by atoms with Crippen molar-refractivity contribution >= 4 is 5.78 Å². The van der Waals surface area contributed by atoms with Gasteiger partial charge in [-0.1, -0.05) is 6.92 Å². The molecule has 0 amide bonds. The average molecular weight is 264 g/mol. The van der Waals surface area contributed by atoms with Crippen LogP contribution in [0.1, 0.15) is 48.4 Å². The summed E-state index contributed by atoms with van der Waals surface area (Å²) in [6.07, 6.45) is 2.48. The fraction of sp³-hybridized carbons (Fsp3) is 0.667. The first-order valence-electron chi connectivity index (χ1n) is 6.79. The number of aliphatic hydroxyl groups excluding tert-OH is 1. The minimum Gasteiger partial charge on any atom is -0.468 e. The number of carbonyl (C=O) groups excluding carboxylic acids is 1. The number of aryl methyl sites for hydroxylation is 1. The van der Waals surface area contributed by atoms with Crippen molar-refractivity contribution in [2.24, 2.45) is 11.3 Å². The molecule has 0 aromatic carbocycles. The van der Waals surface area contributed by atoms with Gasteiger partial charge in [0.25, 0.3) is 0 Å². The molecule has 1 saturated carbocycles. The van der Waals surface area contributed by atoms with Crippen LogP contribution in [0.3, 0.4) is 0 Å². The highest BCUT2D eigenvalue weighted by molar-refractivity contribution is 6.02. The topological polar surface area (TPSA) is 70.7 Å². The molecule has 2 aliphatic carbocycles. The smallest absolute Gasteiger partial charge is 0.173 e. The summed E-state index contributed by atoms with van der Waals surface area (Å²) >= 11 is 0. The molecule has 0 spiro atoms. The Balaban J connectivity index is 2.18. The molecule has 1 aromatic heterocycles. The fourth-order valence-electron chi connectivity index (χ4n) is 4.06. The van der Waals surface area contributed by atoms with Crippen molar-refractivity contribution < 1.29 is 19.4 Å². The molecule has 1 fully saturated rings. The zero-order valence-corrected chi connectivity index (χ0v) is 11.6. The Kier molecular flexibility index (Phi) is 2.51. The van der Waals surface area contributed by atoms with Crippen LogP contribution in [-0.4, -0.2) is 27.7 Å². The number of hydrogen-bond donors (Lipinski definition) is 2. The van der Waals surface area contributed by atoms with Crippen molar-refractivity contribution in [3.05, 3.63) is 23.2 Å². The van der Waals surface area contributed by atoms with Crippen molar-refractivity contribution in [3.63, 3.8) is 0 Å². The molecule has 0 saturated heterocycles. The second-order valence-electron chi connectivity index (χ2n) is 6.61. The maximum absolute atomic E-state index is 12.8. The summed E-state index contributed by atoms with van der Waals surface area (Å²) in [6.45, 7) is 5.44. The summed E-state index contributed by atoms with van der Waals surface area (Å²) in [4.78, 5) is 12.8. The standard InChI is InChI=1S/C15H20O4/c1-8-7-19-9-6-14(2)10(16)4-5-15(3,18)13(14)12(17)11(8)9/h7,10,13,16,18H,4-6H2,1-3H3/t10-,13-,14+,15-/m1/s1. The van der Waals surface area contributed by atoms with Gasteiger partial charge in [-0.05, 0) is 32.3 Å². The van der Waals surface area contributed by atoms with Crippen molar-refractivity contribution in [1.29, 1.82) is 0 Å². The molecule has 1 aromatic rings. The van der Waals surface area contributed by atoms with Gasteiger partial charge in [0.05, 0.1) is 29.4 Å². The summed E-state index contributed by atoms with van der Waals surface area (Å²) < 4.78 is 5.47. The molecule has 4 atom stereocenters. The maximum atomic E-state index is 12.8. The van der Waals surface area contributed by atoms with Crippen LogP contribution in [0.25, 0.3) is 0 Å². The number of Topliss-reactive ketones (excluding diaryl/α,β-unsaturated/α-hetero) is 1. The Hall–Kier alpha value is -1.13. The Bertz CT molecular complexity index is 542. The van der Waals surface area contributed by atoms with Crippen molar-refractivity contribution in [3.8, 4) is 0 Å². The van der Waals surface area contributed by atoms with Crippen LogP contribution in [0.4, 0.5) is 0 Å². The van der Waals surface area contributed by atoms with Gasteiger partial charge in [0.2, 0.25) is 0 Å². The molecular formula is C15H20O4. The number of furan rings is 1. The van der Waals surface area contributed by atoms with E-state index in [1.165, 1.54) is 0 Å². The van der Waals surface area contributed by atoms with E-state index in [9.17, 15) is 15.0 Å². The predicted molar refractivity (Wildman–Crippen MR) is 68.9 cm³/mol. The molecule has 4 nitrogen and oxygen atoms in total. The number of ketones is 1. The number of hydrogen-bond acceptors (Lipinski definition) is 4. The van der Waals surface area contributed by atoms with Crippen molar-refractivity contribution in [2.45, 2.75) is 51.7 Å². The predicted octanol–water partition coefficient (Wildman–Crippen LogP) is 1.86. The Labute approximate surface area is 112 Å². The number of aliphatic hydroxyl groups is 2. The third kappa shape index (κ3) is 1.56. The summed E-state index contributed by atoms with van der Waals surface area (Å²) in [5.41, 5.74) is -0.280.